The molecule has 0 aromatic heterocycles. The van der Waals surface area contributed by atoms with Crippen molar-refractivity contribution in [3.8, 4) is 0 Å². The smallest absolute Gasteiger partial charge is 0.336 e. The van der Waals surface area contributed by atoms with Gasteiger partial charge >= 0.3 is 5.97 Å². The Hall–Kier alpha value is -1.40. The molecule has 0 saturated heterocycles. The van der Waals surface area contributed by atoms with E-state index in [0.29, 0.717) is 6.54 Å². The van der Waals surface area contributed by atoms with Crippen molar-refractivity contribution in [1.82, 2.24) is 0 Å². The Balaban J connectivity index is 3.20. The second-order valence-corrected chi connectivity index (χ2v) is 4.32. The summed E-state index contributed by atoms with van der Waals surface area (Å²) >= 11 is 2.93. The van der Waals surface area contributed by atoms with E-state index in [9.17, 15) is 9.18 Å². The van der Waals surface area contributed by atoms with Gasteiger partial charge in [-0.25, -0.2) is 9.18 Å². The Bertz CT molecular complexity index is 465. The Labute approximate surface area is 112 Å². The number of benzene rings is 1. The summed E-state index contributed by atoms with van der Waals surface area (Å²) < 4.78 is 14.0. The van der Waals surface area contributed by atoms with Gasteiger partial charge in [0, 0.05) is 13.1 Å². The molecule has 0 amide bonds. The number of nitrogens with zero attached hydrogens (tertiary/aromatic N) is 1. The van der Waals surface area contributed by atoms with Crippen LogP contribution in [0.4, 0.5) is 10.1 Å². The van der Waals surface area contributed by atoms with E-state index < -0.39 is 11.8 Å². The van der Waals surface area contributed by atoms with Crippen molar-refractivity contribution in [3.63, 3.8) is 0 Å². The maximum Gasteiger partial charge on any atom is 0.336 e. The fraction of sp³-hybridized carbons (Fsp3) is 0.250. The minimum absolute atomic E-state index is 0.0977. The van der Waals surface area contributed by atoms with Crippen LogP contribution in [0, 0.1) is 5.82 Å². The highest BCUT2D eigenvalue weighted by Crippen LogP contribution is 2.29. The molecule has 18 heavy (non-hydrogen) atoms. The lowest BCUT2D eigenvalue weighted by atomic mass is 10.2. The van der Waals surface area contributed by atoms with Crippen LogP contribution in [0.1, 0.15) is 10.4 Å². The average Bonchev–Trinajstić information content (AvgIpc) is 2.32. The molecule has 0 atom stereocenters. The number of carboxylic acids is 1. The third kappa shape index (κ3) is 3.08. The van der Waals surface area contributed by atoms with E-state index in [1.54, 1.807) is 11.0 Å². The summed E-state index contributed by atoms with van der Waals surface area (Å²) in [5.74, 6) is -1.87. The van der Waals surface area contributed by atoms with Crippen LogP contribution in [0.15, 0.2) is 29.3 Å². The number of aliphatic hydroxyl groups excluding tert-OH is 1. The summed E-state index contributed by atoms with van der Waals surface area (Å²) in [6.07, 6.45) is 1.58. The molecular formula is C12H13BrFNO3. The first-order valence-corrected chi connectivity index (χ1v) is 6.00. The molecule has 4 nitrogen and oxygen atoms in total. The monoisotopic (exact) mass is 317 g/mol. The Morgan fingerprint density at radius 3 is 2.72 bits per heavy atom. The van der Waals surface area contributed by atoms with Crippen LogP contribution in [0.25, 0.3) is 0 Å². The molecular weight excluding hydrogens is 305 g/mol. The standard InChI is InChI=1S/C12H13BrFNO3/c1-2-5-15(6-7-16)9-4-3-8(12(17)18)10(13)11(9)14/h2-4,16H,1,5-7H2,(H,17,18). The molecule has 0 saturated carbocycles. The lowest BCUT2D eigenvalue weighted by Crippen LogP contribution is -2.27. The van der Waals surface area contributed by atoms with Gasteiger partial charge < -0.3 is 15.1 Å². The molecule has 1 aromatic carbocycles. The average molecular weight is 318 g/mol. The van der Waals surface area contributed by atoms with Crippen molar-refractivity contribution in [2.45, 2.75) is 0 Å². The van der Waals surface area contributed by atoms with Crippen molar-refractivity contribution >= 4 is 27.6 Å². The van der Waals surface area contributed by atoms with Crippen molar-refractivity contribution in [1.29, 1.82) is 0 Å². The topological polar surface area (TPSA) is 60.8 Å². The molecule has 6 heteroatoms. The van der Waals surface area contributed by atoms with Gasteiger partial charge in [-0.05, 0) is 28.1 Å². The third-order valence-electron chi connectivity index (χ3n) is 2.35. The van der Waals surface area contributed by atoms with Gasteiger partial charge in [0.2, 0.25) is 0 Å². The van der Waals surface area contributed by atoms with E-state index in [1.807, 2.05) is 0 Å². The number of halogens is 2. The van der Waals surface area contributed by atoms with Crippen LogP contribution in [0.2, 0.25) is 0 Å². The van der Waals surface area contributed by atoms with E-state index in [1.165, 1.54) is 12.1 Å². The predicted octanol–water partition coefficient (Wildman–Crippen LogP) is 2.27. The largest absolute Gasteiger partial charge is 0.478 e. The molecule has 0 fully saturated rings. The van der Waals surface area contributed by atoms with E-state index in [4.69, 9.17) is 10.2 Å². The molecule has 1 rings (SSSR count). The van der Waals surface area contributed by atoms with Gasteiger partial charge in [-0.3, -0.25) is 0 Å². The molecule has 0 spiro atoms. The summed E-state index contributed by atoms with van der Waals surface area (Å²) in [5.41, 5.74) is 0.0830. The molecule has 98 valence electrons. The van der Waals surface area contributed by atoms with E-state index in [2.05, 4.69) is 22.5 Å². The predicted molar refractivity (Wildman–Crippen MR) is 70.6 cm³/mol. The Morgan fingerprint density at radius 2 is 2.22 bits per heavy atom. The zero-order valence-corrected chi connectivity index (χ0v) is 11.2. The van der Waals surface area contributed by atoms with Crippen LogP contribution in [-0.4, -0.2) is 35.9 Å². The van der Waals surface area contributed by atoms with Gasteiger partial charge in [-0.15, -0.1) is 6.58 Å². The molecule has 0 bridgehead atoms. The van der Waals surface area contributed by atoms with Gasteiger partial charge in [-0.1, -0.05) is 6.08 Å². The number of rotatable bonds is 6. The van der Waals surface area contributed by atoms with Gasteiger partial charge in [0.15, 0.2) is 5.82 Å². The van der Waals surface area contributed by atoms with Crippen molar-refractivity contribution in [2.24, 2.45) is 0 Å². The number of carboxylic acid groups (broad SMARTS) is 1. The number of hydrogen-bond donors (Lipinski definition) is 2. The highest BCUT2D eigenvalue weighted by atomic mass is 79.9. The van der Waals surface area contributed by atoms with Crippen molar-refractivity contribution in [3.05, 3.63) is 40.6 Å². The highest BCUT2D eigenvalue weighted by Gasteiger charge is 2.18. The Kier molecular flexibility index (Phi) is 5.30. The van der Waals surface area contributed by atoms with E-state index in [-0.39, 0.29) is 28.9 Å². The number of anilines is 1. The van der Waals surface area contributed by atoms with Crippen LogP contribution in [0.3, 0.4) is 0 Å². The lowest BCUT2D eigenvalue weighted by molar-refractivity contribution is 0.0695. The van der Waals surface area contributed by atoms with Crippen LogP contribution >= 0.6 is 15.9 Å². The minimum Gasteiger partial charge on any atom is -0.478 e. The Morgan fingerprint density at radius 1 is 1.56 bits per heavy atom. The molecule has 0 aliphatic rings. The first-order valence-electron chi connectivity index (χ1n) is 5.21. The van der Waals surface area contributed by atoms with Gasteiger partial charge in [0.25, 0.3) is 0 Å². The summed E-state index contributed by atoms with van der Waals surface area (Å²) in [7, 11) is 0. The summed E-state index contributed by atoms with van der Waals surface area (Å²) in [6.45, 7) is 4.02. The normalized spacial score (nSPS) is 10.2. The number of hydrogen-bond acceptors (Lipinski definition) is 3. The SMILES string of the molecule is C=CCN(CCO)c1ccc(C(=O)O)c(Br)c1F. The van der Waals surface area contributed by atoms with Crippen LogP contribution in [0.5, 0.6) is 0 Å². The van der Waals surface area contributed by atoms with Crippen LogP contribution < -0.4 is 4.90 Å². The number of aliphatic hydroxyl groups is 1. The highest BCUT2D eigenvalue weighted by molar-refractivity contribution is 9.10. The first kappa shape index (κ1) is 14.7. The second-order valence-electron chi connectivity index (χ2n) is 3.52. The summed E-state index contributed by atoms with van der Waals surface area (Å²) in [4.78, 5) is 12.4. The van der Waals surface area contributed by atoms with Gasteiger partial charge in [0.05, 0.1) is 22.3 Å². The maximum atomic E-state index is 14.1. The minimum atomic E-state index is -1.20. The second kappa shape index (κ2) is 6.51. The fourth-order valence-corrected chi connectivity index (χ4v) is 2.04. The van der Waals surface area contributed by atoms with E-state index in [0.717, 1.165) is 0 Å². The molecule has 0 unspecified atom stereocenters. The lowest BCUT2D eigenvalue weighted by Gasteiger charge is -2.23. The number of aromatic carboxylic acids is 1. The maximum absolute atomic E-state index is 14.1. The summed E-state index contributed by atoms with van der Waals surface area (Å²) in [5, 5.41) is 17.8. The quantitative estimate of drug-likeness (QED) is 0.790. The molecule has 0 radical (unpaired) electrons. The van der Waals surface area contributed by atoms with Gasteiger partial charge in [-0.2, -0.15) is 0 Å². The number of carbonyl (C=O) groups is 1. The summed E-state index contributed by atoms with van der Waals surface area (Å²) in [6, 6.07) is 2.70. The van der Waals surface area contributed by atoms with E-state index >= 15 is 0 Å². The zero-order chi connectivity index (χ0) is 13.7. The fourth-order valence-electron chi connectivity index (χ4n) is 1.54. The van der Waals surface area contributed by atoms with Crippen molar-refractivity contribution < 1.29 is 19.4 Å². The molecule has 0 heterocycles. The molecule has 1 aromatic rings. The molecule has 2 N–H and O–H groups in total. The molecule has 0 aliphatic carbocycles. The first-order chi connectivity index (χ1) is 8.52. The van der Waals surface area contributed by atoms with Crippen molar-refractivity contribution in [2.75, 3.05) is 24.6 Å². The van der Waals surface area contributed by atoms with Gasteiger partial charge in [0.1, 0.15) is 0 Å². The third-order valence-corrected chi connectivity index (χ3v) is 3.13. The van der Waals surface area contributed by atoms with Crippen LogP contribution in [-0.2, 0) is 0 Å². The molecule has 0 aliphatic heterocycles. The zero-order valence-electron chi connectivity index (χ0n) is 9.57.